The molecule has 0 unspecified atom stereocenters. The Morgan fingerprint density at radius 3 is 2.58 bits per heavy atom. The maximum absolute atomic E-state index is 11.9. The predicted molar refractivity (Wildman–Crippen MR) is 72.0 cm³/mol. The zero-order valence-corrected chi connectivity index (χ0v) is 12.1. The van der Waals surface area contributed by atoms with Gasteiger partial charge in [0.05, 0.1) is 10.6 Å². The highest BCUT2D eigenvalue weighted by Gasteiger charge is 2.23. The third kappa shape index (κ3) is 4.87. The highest BCUT2D eigenvalue weighted by Crippen LogP contribution is 2.14. The molecule has 1 amide bonds. The molecule has 0 aromatic carbocycles. The summed E-state index contributed by atoms with van der Waals surface area (Å²) in [6.45, 7) is 6.84. The number of ether oxygens (including phenoxy) is 1. The number of carbonyl (C=O) groups is 2. The second-order valence-electron chi connectivity index (χ2n) is 5.08. The molecule has 0 saturated heterocycles. The fraction of sp³-hybridized carbons (Fsp3) is 0.462. The molecule has 0 spiro atoms. The van der Waals surface area contributed by atoms with E-state index in [-0.39, 0.29) is 10.6 Å². The van der Waals surface area contributed by atoms with Crippen LogP contribution in [-0.4, -0.2) is 28.5 Å². The number of hydrogen-bond donors (Lipinski definition) is 1. The van der Waals surface area contributed by atoms with Crippen molar-refractivity contribution in [1.82, 2.24) is 10.3 Å². The van der Waals surface area contributed by atoms with Crippen LogP contribution in [-0.2, 0) is 9.53 Å². The highest BCUT2D eigenvalue weighted by atomic mass is 35.5. The average molecular weight is 285 g/mol. The van der Waals surface area contributed by atoms with Crippen molar-refractivity contribution in [3.8, 4) is 0 Å². The first-order chi connectivity index (χ1) is 8.70. The molecule has 0 fully saturated rings. The van der Waals surface area contributed by atoms with Crippen LogP contribution in [0.25, 0.3) is 0 Å². The molecule has 1 N–H and O–H groups in total. The Labute approximate surface area is 117 Å². The van der Waals surface area contributed by atoms with Gasteiger partial charge in [-0.15, -0.1) is 0 Å². The second kappa shape index (κ2) is 6.02. The molecule has 0 bridgehead atoms. The summed E-state index contributed by atoms with van der Waals surface area (Å²) in [5.74, 6) is -0.961. The number of pyridine rings is 1. The van der Waals surface area contributed by atoms with Crippen LogP contribution in [0.1, 0.15) is 38.1 Å². The Kier molecular flexibility index (Phi) is 4.89. The maximum atomic E-state index is 11.9. The first-order valence-corrected chi connectivity index (χ1v) is 6.22. The number of halogens is 1. The van der Waals surface area contributed by atoms with E-state index >= 15 is 0 Å². The van der Waals surface area contributed by atoms with Crippen molar-refractivity contribution in [3.05, 3.63) is 29.0 Å². The van der Waals surface area contributed by atoms with E-state index in [1.165, 1.54) is 18.5 Å². The van der Waals surface area contributed by atoms with E-state index in [0.29, 0.717) is 0 Å². The normalized spacial score (nSPS) is 12.7. The summed E-state index contributed by atoms with van der Waals surface area (Å²) in [5.41, 5.74) is -0.373. The first kappa shape index (κ1) is 15.4. The minimum atomic E-state index is -0.761. The Bertz CT molecular complexity index is 483. The zero-order chi connectivity index (χ0) is 14.6. The van der Waals surface area contributed by atoms with E-state index in [1.807, 2.05) is 0 Å². The van der Waals surface area contributed by atoms with Crippen molar-refractivity contribution >= 4 is 23.5 Å². The molecular formula is C13H17ClN2O3. The summed E-state index contributed by atoms with van der Waals surface area (Å²) in [7, 11) is 0. The van der Waals surface area contributed by atoms with Gasteiger partial charge in [-0.05, 0) is 33.8 Å². The molecule has 19 heavy (non-hydrogen) atoms. The van der Waals surface area contributed by atoms with Crippen LogP contribution in [0.4, 0.5) is 0 Å². The van der Waals surface area contributed by atoms with E-state index in [0.717, 1.165) is 0 Å². The van der Waals surface area contributed by atoms with Crippen molar-refractivity contribution in [2.75, 3.05) is 0 Å². The smallest absolute Gasteiger partial charge is 0.328 e. The number of nitrogens with zero attached hydrogens (tertiary/aromatic N) is 1. The van der Waals surface area contributed by atoms with Crippen LogP contribution in [0.2, 0.25) is 5.02 Å². The highest BCUT2D eigenvalue weighted by molar-refractivity contribution is 6.33. The number of rotatable bonds is 3. The molecule has 1 heterocycles. The summed E-state index contributed by atoms with van der Waals surface area (Å²) in [4.78, 5) is 27.4. The van der Waals surface area contributed by atoms with Crippen LogP contribution < -0.4 is 5.32 Å². The largest absolute Gasteiger partial charge is 0.458 e. The van der Waals surface area contributed by atoms with Gasteiger partial charge in [0.1, 0.15) is 11.6 Å². The first-order valence-electron chi connectivity index (χ1n) is 5.84. The van der Waals surface area contributed by atoms with Gasteiger partial charge < -0.3 is 10.1 Å². The number of esters is 1. The fourth-order valence-corrected chi connectivity index (χ4v) is 1.46. The lowest BCUT2D eigenvalue weighted by Gasteiger charge is -2.22. The lowest BCUT2D eigenvalue weighted by Crippen LogP contribution is -2.42. The van der Waals surface area contributed by atoms with E-state index in [1.54, 1.807) is 27.7 Å². The predicted octanol–water partition coefficient (Wildman–Crippen LogP) is 2.20. The number of amides is 1. The van der Waals surface area contributed by atoms with E-state index < -0.39 is 23.5 Å². The molecule has 104 valence electrons. The van der Waals surface area contributed by atoms with Crippen LogP contribution in [0.3, 0.4) is 0 Å². The Hall–Kier alpha value is -1.62. The van der Waals surface area contributed by atoms with Gasteiger partial charge in [-0.25, -0.2) is 4.79 Å². The topological polar surface area (TPSA) is 68.3 Å². The van der Waals surface area contributed by atoms with Gasteiger partial charge in [-0.3, -0.25) is 9.78 Å². The Morgan fingerprint density at radius 1 is 1.42 bits per heavy atom. The zero-order valence-electron chi connectivity index (χ0n) is 11.4. The monoisotopic (exact) mass is 284 g/mol. The van der Waals surface area contributed by atoms with Gasteiger partial charge in [0, 0.05) is 12.4 Å². The van der Waals surface area contributed by atoms with Crippen molar-refractivity contribution in [1.29, 1.82) is 0 Å². The quantitative estimate of drug-likeness (QED) is 0.864. The maximum Gasteiger partial charge on any atom is 0.328 e. The van der Waals surface area contributed by atoms with Crippen LogP contribution in [0, 0.1) is 0 Å². The van der Waals surface area contributed by atoms with Crippen LogP contribution in [0.15, 0.2) is 18.5 Å². The summed E-state index contributed by atoms with van der Waals surface area (Å²) in [6, 6.07) is 0.747. The molecule has 6 heteroatoms. The number of nitrogens with one attached hydrogen (secondary N) is 1. The number of aromatic nitrogens is 1. The molecule has 1 atom stereocenters. The molecule has 0 aliphatic rings. The third-order valence-corrected chi connectivity index (χ3v) is 2.45. The SMILES string of the molecule is C[C@H](NC(=O)c1cnccc1Cl)C(=O)OC(C)(C)C. The van der Waals surface area contributed by atoms with Gasteiger partial charge in [0.2, 0.25) is 0 Å². The summed E-state index contributed by atoms with van der Waals surface area (Å²) in [5, 5.41) is 2.80. The van der Waals surface area contributed by atoms with Crippen molar-refractivity contribution < 1.29 is 14.3 Å². The van der Waals surface area contributed by atoms with Crippen molar-refractivity contribution in [2.45, 2.75) is 39.3 Å². The standard InChI is InChI=1S/C13H17ClN2O3/c1-8(12(18)19-13(2,3)4)16-11(17)9-7-15-6-5-10(9)14/h5-8H,1-4H3,(H,16,17)/t8-/m0/s1. The Morgan fingerprint density at radius 2 is 2.05 bits per heavy atom. The van der Waals surface area contributed by atoms with Gasteiger partial charge in [0.25, 0.3) is 5.91 Å². The van der Waals surface area contributed by atoms with Crippen LogP contribution >= 0.6 is 11.6 Å². The second-order valence-corrected chi connectivity index (χ2v) is 5.49. The van der Waals surface area contributed by atoms with Crippen molar-refractivity contribution in [3.63, 3.8) is 0 Å². The van der Waals surface area contributed by atoms with Gasteiger partial charge >= 0.3 is 5.97 Å². The minimum absolute atomic E-state index is 0.222. The average Bonchev–Trinajstić information content (AvgIpc) is 2.27. The molecule has 0 saturated carbocycles. The minimum Gasteiger partial charge on any atom is -0.458 e. The van der Waals surface area contributed by atoms with Gasteiger partial charge in [-0.2, -0.15) is 0 Å². The summed E-state index contributed by atoms with van der Waals surface area (Å²) >= 11 is 5.87. The van der Waals surface area contributed by atoms with Crippen LogP contribution in [0.5, 0.6) is 0 Å². The molecule has 5 nitrogen and oxygen atoms in total. The van der Waals surface area contributed by atoms with E-state index in [2.05, 4.69) is 10.3 Å². The summed E-state index contributed by atoms with van der Waals surface area (Å²) in [6.07, 6.45) is 2.83. The number of hydrogen-bond acceptors (Lipinski definition) is 4. The van der Waals surface area contributed by atoms with Gasteiger partial charge in [-0.1, -0.05) is 11.6 Å². The fourth-order valence-electron chi connectivity index (χ4n) is 1.27. The molecular weight excluding hydrogens is 268 g/mol. The molecule has 0 radical (unpaired) electrons. The number of carbonyl (C=O) groups excluding carboxylic acids is 2. The van der Waals surface area contributed by atoms with Crippen molar-refractivity contribution in [2.24, 2.45) is 0 Å². The Balaban J connectivity index is 2.67. The molecule has 0 aliphatic heterocycles. The molecule has 1 aromatic heterocycles. The van der Waals surface area contributed by atoms with Gasteiger partial charge in [0.15, 0.2) is 0 Å². The third-order valence-electron chi connectivity index (χ3n) is 2.12. The molecule has 0 aliphatic carbocycles. The van der Waals surface area contributed by atoms with E-state index in [9.17, 15) is 9.59 Å². The molecule has 1 aromatic rings. The molecule has 1 rings (SSSR count). The summed E-state index contributed by atoms with van der Waals surface area (Å²) < 4.78 is 5.16. The van der Waals surface area contributed by atoms with E-state index in [4.69, 9.17) is 16.3 Å². The lowest BCUT2D eigenvalue weighted by atomic mass is 10.2. The lowest BCUT2D eigenvalue weighted by molar-refractivity contribution is -0.156.